The fraction of sp³-hybridized carbons (Fsp3) is 0.421. The van der Waals surface area contributed by atoms with Crippen molar-refractivity contribution in [3.63, 3.8) is 0 Å². The van der Waals surface area contributed by atoms with E-state index in [-0.39, 0.29) is 5.69 Å². The van der Waals surface area contributed by atoms with Crippen LogP contribution < -0.4 is 10.6 Å². The van der Waals surface area contributed by atoms with Crippen LogP contribution in [0.4, 0.5) is 11.6 Å². The van der Waals surface area contributed by atoms with E-state index in [9.17, 15) is 10.1 Å². The molecule has 0 unspecified atom stereocenters. The second-order valence-corrected chi connectivity index (χ2v) is 7.52. The second kappa shape index (κ2) is 12.0. The highest BCUT2D eigenvalue weighted by Crippen LogP contribution is 2.26. The summed E-state index contributed by atoms with van der Waals surface area (Å²) in [5.74, 6) is 0.594. The molecule has 1 aliphatic heterocycles. The lowest BCUT2D eigenvalue weighted by Gasteiger charge is -2.33. The standard InChI is InChI=1S/C16H16N6O2S.C3H9NO/c1-12-10-13(11-17)19-16(18-12)20-6-8-21(9-7-20)25-15-4-2-14(3-5-15)22(23)24;1-5-3-2-4/h2-5,10H,6-9H2,1H3;2-4H2,1H3. The van der Waals surface area contributed by atoms with Gasteiger partial charge in [-0.2, -0.15) is 5.26 Å². The molecule has 1 fully saturated rings. The van der Waals surface area contributed by atoms with Crippen molar-refractivity contribution < 1.29 is 9.66 Å². The summed E-state index contributed by atoms with van der Waals surface area (Å²) in [5, 5.41) is 19.7. The van der Waals surface area contributed by atoms with Crippen LogP contribution >= 0.6 is 11.9 Å². The van der Waals surface area contributed by atoms with E-state index in [1.54, 1.807) is 37.3 Å². The second-order valence-electron chi connectivity index (χ2n) is 6.35. The number of rotatable bonds is 6. The van der Waals surface area contributed by atoms with Crippen LogP contribution in [0.5, 0.6) is 0 Å². The SMILES string of the molecule is COCCN.Cc1cc(C#N)nc(N2CCN(Sc3ccc([N+](=O)[O-])cc3)CC2)n1. The van der Waals surface area contributed by atoms with Gasteiger partial charge in [0.05, 0.1) is 11.5 Å². The molecule has 1 saturated heterocycles. The Morgan fingerprint density at radius 1 is 1.27 bits per heavy atom. The smallest absolute Gasteiger partial charge is 0.269 e. The largest absolute Gasteiger partial charge is 0.383 e. The maximum Gasteiger partial charge on any atom is 0.269 e. The van der Waals surface area contributed by atoms with Gasteiger partial charge >= 0.3 is 0 Å². The van der Waals surface area contributed by atoms with Gasteiger partial charge in [0.2, 0.25) is 5.95 Å². The molecular formula is C19H25N7O3S. The van der Waals surface area contributed by atoms with Gasteiger partial charge in [-0.15, -0.1) is 0 Å². The summed E-state index contributed by atoms with van der Waals surface area (Å²) in [6.45, 7) is 6.27. The normalized spacial score (nSPS) is 13.9. The highest BCUT2D eigenvalue weighted by atomic mass is 32.2. The van der Waals surface area contributed by atoms with Gasteiger partial charge in [-0.3, -0.25) is 10.1 Å². The topological polar surface area (TPSA) is 134 Å². The van der Waals surface area contributed by atoms with Crippen molar-refractivity contribution in [1.82, 2.24) is 14.3 Å². The summed E-state index contributed by atoms with van der Waals surface area (Å²) in [6.07, 6.45) is 0. The summed E-state index contributed by atoms with van der Waals surface area (Å²) >= 11 is 1.58. The zero-order valence-corrected chi connectivity index (χ0v) is 17.8. The van der Waals surface area contributed by atoms with Crippen molar-refractivity contribution in [1.29, 1.82) is 5.26 Å². The van der Waals surface area contributed by atoms with E-state index in [2.05, 4.69) is 30.0 Å². The van der Waals surface area contributed by atoms with E-state index in [4.69, 9.17) is 11.0 Å². The van der Waals surface area contributed by atoms with Crippen molar-refractivity contribution in [2.75, 3.05) is 51.3 Å². The molecule has 30 heavy (non-hydrogen) atoms. The number of hydrogen-bond donors (Lipinski definition) is 1. The Morgan fingerprint density at radius 3 is 2.43 bits per heavy atom. The molecule has 1 aliphatic rings. The zero-order valence-electron chi connectivity index (χ0n) is 17.0. The van der Waals surface area contributed by atoms with Crippen molar-refractivity contribution in [3.8, 4) is 6.07 Å². The van der Waals surface area contributed by atoms with Gasteiger partial charge in [-0.05, 0) is 37.1 Å². The first-order valence-corrected chi connectivity index (χ1v) is 10.1. The van der Waals surface area contributed by atoms with E-state index in [1.807, 2.05) is 6.92 Å². The first kappa shape index (κ1) is 23.5. The van der Waals surface area contributed by atoms with Crippen LogP contribution in [-0.2, 0) is 4.74 Å². The fourth-order valence-electron chi connectivity index (χ4n) is 2.63. The third-order valence-electron chi connectivity index (χ3n) is 4.08. The molecule has 0 radical (unpaired) electrons. The maximum absolute atomic E-state index is 10.7. The van der Waals surface area contributed by atoms with Gasteiger partial charge < -0.3 is 15.4 Å². The van der Waals surface area contributed by atoms with E-state index in [1.165, 1.54) is 12.1 Å². The molecule has 160 valence electrons. The van der Waals surface area contributed by atoms with Crippen molar-refractivity contribution >= 4 is 23.6 Å². The highest BCUT2D eigenvalue weighted by Gasteiger charge is 2.20. The molecule has 1 aromatic carbocycles. The number of anilines is 1. The fourth-order valence-corrected chi connectivity index (χ4v) is 3.53. The Bertz CT molecular complexity index is 863. The molecule has 3 rings (SSSR count). The molecule has 2 N–H and O–H groups in total. The van der Waals surface area contributed by atoms with Gasteiger partial charge in [0.15, 0.2) is 0 Å². The number of piperazine rings is 1. The lowest BCUT2D eigenvalue weighted by atomic mass is 10.3. The summed E-state index contributed by atoms with van der Waals surface area (Å²) in [7, 11) is 1.63. The maximum atomic E-state index is 10.7. The summed E-state index contributed by atoms with van der Waals surface area (Å²) in [5.41, 5.74) is 6.27. The number of nitriles is 1. The van der Waals surface area contributed by atoms with E-state index in [0.29, 0.717) is 24.8 Å². The number of nitrogens with zero attached hydrogens (tertiary/aromatic N) is 6. The van der Waals surface area contributed by atoms with Crippen LogP contribution in [0.3, 0.4) is 0 Å². The average Bonchev–Trinajstić information content (AvgIpc) is 2.75. The number of nitro benzene ring substituents is 1. The lowest BCUT2D eigenvalue weighted by Crippen LogP contribution is -2.44. The number of ether oxygens (including phenoxy) is 1. The number of aryl methyl sites for hydroxylation is 1. The van der Waals surface area contributed by atoms with Crippen LogP contribution in [0.25, 0.3) is 0 Å². The van der Waals surface area contributed by atoms with E-state index < -0.39 is 4.92 Å². The monoisotopic (exact) mass is 431 g/mol. The number of aromatic nitrogens is 2. The minimum absolute atomic E-state index is 0.0964. The van der Waals surface area contributed by atoms with Crippen LogP contribution in [0.2, 0.25) is 0 Å². The highest BCUT2D eigenvalue weighted by molar-refractivity contribution is 7.97. The molecule has 11 heteroatoms. The third kappa shape index (κ3) is 7.23. The molecule has 1 aromatic heterocycles. The van der Waals surface area contributed by atoms with Gasteiger partial charge in [-0.25, -0.2) is 14.3 Å². The molecule has 0 atom stereocenters. The summed E-state index contributed by atoms with van der Waals surface area (Å²) < 4.78 is 6.77. The number of nitrogens with two attached hydrogens (primary N) is 1. The van der Waals surface area contributed by atoms with Crippen LogP contribution in [0.15, 0.2) is 35.2 Å². The molecule has 10 nitrogen and oxygen atoms in total. The quantitative estimate of drug-likeness (QED) is 0.411. The van der Waals surface area contributed by atoms with Crippen LogP contribution in [0.1, 0.15) is 11.4 Å². The number of benzene rings is 1. The molecule has 2 heterocycles. The Morgan fingerprint density at radius 2 is 1.93 bits per heavy atom. The molecule has 0 amide bonds. The Hall–Kier alpha value is -2.78. The Labute approximate surface area is 179 Å². The number of hydrogen-bond acceptors (Lipinski definition) is 10. The average molecular weight is 432 g/mol. The molecule has 0 aliphatic carbocycles. The number of non-ortho nitro benzene ring substituents is 1. The predicted octanol–water partition coefficient (Wildman–Crippen LogP) is 1.99. The first-order chi connectivity index (χ1) is 14.5. The lowest BCUT2D eigenvalue weighted by molar-refractivity contribution is -0.384. The first-order valence-electron chi connectivity index (χ1n) is 9.34. The third-order valence-corrected chi connectivity index (χ3v) is 5.19. The predicted molar refractivity (Wildman–Crippen MR) is 115 cm³/mol. The molecule has 0 bridgehead atoms. The number of methoxy groups -OCH3 is 1. The summed E-state index contributed by atoms with van der Waals surface area (Å²) in [4.78, 5) is 22.0. The zero-order chi connectivity index (χ0) is 21.9. The summed E-state index contributed by atoms with van der Waals surface area (Å²) in [6, 6.07) is 10.3. The van der Waals surface area contributed by atoms with Crippen LogP contribution in [0, 0.1) is 28.4 Å². The molecular weight excluding hydrogens is 406 g/mol. The van der Waals surface area contributed by atoms with Crippen molar-refractivity contribution in [2.45, 2.75) is 11.8 Å². The van der Waals surface area contributed by atoms with Gasteiger partial charge in [-0.1, -0.05) is 0 Å². The van der Waals surface area contributed by atoms with Gasteiger partial charge in [0, 0.05) is 62.6 Å². The Kier molecular flexibility index (Phi) is 9.43. The van der Waals surface area contributed by atoms with Gasteiger partial charge in [0.1, 0.15) is 11.8 Å². The van der Waals surface area contributed by atoms with Crippen LogP contribution in [-0.4, -0.2) is 65.6 Å². The van der Waals surface area contributed by atoms with Crippen molar-refractivity contribution in [2.24, 2.45) is 5.73 Å². The van der Waals surface area contributed by atoms with E-state index in [0.717, 1.165) is 36.8 Å². The molecule has 2 aromatic rings. The molecule has 0 spiro atoms. The van der Waals surface area contributed by atoms with Crippen molar-refractivity contribution in [3.05, 3.63) is 51.8 Å². The van der Waals surface area contributed by atoms with Gasteiger partial charge in [0.25, 0.3) is 5.69 Å². The minimum Gasteiger partial charge on any atom is -0.383 e. The number of nitro groups is 1. The Balaban J connectivity index is 0.000000575. The van der Waals surface area contributed by atoms with E-state index >= 15 is 0 Å². The molecule has 0 saturated carbocycles. The minimum atomic E-state index is -0.398.